The van der Waals surface area contributed by atoms with Gasteiger partial charge in [0.2, 0.25) is 0 Å². The Bertz CT molecular complexity index is 763. The van der Waals surface area contributed by atoms with E-state index in [4.69, 9.17) is 0 Å². The average Bonchev–Trinajstić information content (AvgIpc) is 2.89. The molecule has 0 saturated carbocycles. The number of carbonyl (C=O) groups is 3. The van der Waals surface area contributed by atoms with Gasteiger partial charge in [0.05, 0.1) is 5.41 Å². The summed E-state index contributed by atoms with van der Waals surface area (Å²) >= 11 is 0. The van der Waals surface area contributed by atoms with Crippen molar-refractivity contribution in [3.63, 3.8) is 0 Å². The molecular weight excluding hydrogens is 288 g/mol. The fourth-order valence-electron chi connectivity index (χ4n) is 3.35. The van der Waals surface area contributed by atoms with Gasteiger partial charge in [0, 0.05) is 17.5 Å². The van der Waals surface area contributed by atoms with Crippen LogP contribution < -0.4 is 0 Å². The molecule has 3 heteroatoms. The van der Waals surface area contributed by atoms with Gasteiger partial charge in [0.25, 0.3) is 0 Å². The summed E-state index contributed by atoms with van der Waals surface area (Å²) < 4.78 is 0. The number of benzene rings is 2. The maximum absolute atomic E-state index is 12.8. The van der Waals surface area contributed by atoms with Crippen LogP contribution in [0, 0.1) is 11.3 Å². The maximum atomic E-state index is 12.8. The summed E-state index contributed by atoms with van der Waals surface area (Å²) in [6, 6.07) is 16.3. The topological polar surface area (TPSA) is 51.2 Å². The Morgan fingerprint density at radius 2 is 1.78 bits per heavy atom. The fraction of sp³-hybridized carbons (Fsp3) is 0.250. The molecule has 0 bridgehead atoms. The van der Waals surface area contributed by atoms with E-state index in [0.717, 1.165) is 11.8 Å². The second kappa shape index (κ2) is 5.92. The molecule has 0 aromatic heterocycles. The third-order valence-corrected chi connectivity index (χ3v) is 4.84. The molecular formula is C20H18O3. The first-order valence-electron chi connectivity index (χ1n) is 7.76. The standard InChI is InChI=1S/C20H18O3/c1-14(11-18(22)15-7-3-2-4-8-15)20(13-21)12-16-9-5-6-10-17(16)19(20)23/h2-10,13-14H,11-12H2,1H3. The van der Waals surface area contributed by atoms with Crippen LogP contribution in [0.4, 0.5) is 0 Å². The van der Waals surface area contributed by atoms with Crippen molar-refractivity contribution >= 4 is 17.9 Å². The van der Waals surface area contributed by atoms with E-state index in [9.17, 15) is 14.4 Å². The van der Waals surface area contributed by atoms with Crippen molar-refractivity contribution in [2.75, 3.05) is 0 Å². The zero-order valence-electron chi connectivity index (χ0n) is 13.0. The molecule has 1 aliphatic rings. The highest BCUT2D eigenvalue weighted by molar-refractivity contribution is 6.13. The third-order valence-electron chi connectivity index (χ3n) is 4.84. The van der Waals surface area contributed by atoms with Crippen molar-refractivity contribution in [1.29, 1.82) is 0 Å². The molecule has 3 nitrogen and oxygen atoms in total. The van der Waals surface area contributed by atoms with Gasteiger partial charge in [0.15, 0.2) is 11.6 Å². The molecule has 2 unspecified atom stereocenters. The minimum absolute atomic E-state index is 0.0388. The summed E-state index contributed by atoms with van der Waals surface area (Å²) in [5, 5.41) is 0. The van der Waals surface area contributed by atoms with Crippen LogP contribution in [-0.2, 0) is 11.2 Å². The van der Waals surface area contributed by atoms with Gasteiger partial charge in [0.1, 0.15) is 6.29 Å². The molecule has 0 aliphatic heterocycles. The number of fused-ring (bicyclic) bond motifs is 1. The lowest BCUT2D eigenvalue weighted by Gasteiger charge is -2.27. The van der Waals surface area contributed by atoms with Gasteiger partial charge in [-0.2, -0.15) is 0 Å². The van der Waals surface area contributed by atoms with Crippen molar-refractivity contribution in [3.05, 3.63) is 71.3 Å². The van der Waals surface area contributed by atoms with Crippen LogP contribution in [0.25, 0.3) is 0 Å². The van der Waals surface area contributed by atoms with E-state index in [2.05, 4.69) is 0 Å². The second-order valence-corrected chi connectivity index (χ2v) is 6.22. The number of hydrogen-bond acceptors (Lipinski definition) is 3. The molecule has 2 atom stereocenters. The zero-order chi connectivity index (χ0) is 16.4. The van der Waals surface area contributed by atoms with Crippen LogP contribution in [0.1, 0.15) is 39.6 Å². The number of Topliss-reactive ketones (excluding diaryl/α,β-unsaturated/α-hetero) is 2. The van der Waals surface area contributed by atoms with Gasteiger partial charge >= 0.3 is 0 Å². The average molecular weight is 306 g/mol. The van der Waals surface area contributed by atoms with Crippen LogP contribution >= 0.6 is 0 Å². The Morgan fingerprint density at radius 3 is 2.43 bits per heavy atom. The van der Waals surface area contributed by atoms with E-state index < -0.39 is 5.41 Å². The second-order valence-electron chi connectivity index (χ2n) is 6.22. The molecule has 2 aromatic carbocycles. The van der Waals surface area contributed by atoms with Crippen molar-refractivity contribution in [3.8, 4) is 0 Å². The van der Waals surface area contributed by atoms with Crippen molar-refractivity contribution in [1.82, 2.24) is 0 Å². The van der Waals surface area contributed by atoms with Gasteiger partial charge in [-0.15, -0.1) is 0 Å². The highest BCUT2D eigenvalue weighted by Gasteiger charge is 2.49. The minimum Gasteiger partial charge on any atom is -0.302 e. The smallest absolute Gasteiger partial charge is 0.176 e. The summed E-state index contributed by atoms with van der Waals surface area (Å²) in [6.07, 6.45) is 1.31. The summed E-state index contributed by atoms with van der Waals surface area (Å²) in [7, 11) is 0. The monoisotopic (exact) mass is 306 g/mol. The molecule has 116 valence electrons. The summed E-state index contributed by atoms with van der Waals surface area (Å²) in [4.78, 5) is 37.0. The minimum atomic E-state index is -1.12. The Balaban J connectivity index is 1.86. The van der Waals surface area contributed by atoms with Crippen LogP contribution in [0.3, 0.4) is 0 Å². The summed E-state index contributed by atoms with van der Waals surface area (Å²) in [5.74, 6) is -0.535. The van der Waals surface area contributed by atoms with E-state index in [1.807, 2.05) is 37.3 Å². The Morgan fingerprint density at radius 1 is 1.13 bits per heavy atom. The van der Waals surface area contributed by atoms with Gasteiger partial charge in [-0.3, -0.25) is 9.59 Å². The van der Waals surface area contributed by atoms with E-state index in [1.54, 1.807) is 24.3 Å². The molecule has 1 aliphatic carbocycles. The molecule has 0 fully saturated rings. The molecule has 0 radical (unpaired) electrons. The Hall–Kier alpha value is -2.55. The van der Waals surface area contributed by atoms with Gasteiger partial charge in [-0.05, 0) is 17.9 Å². The molecule has 0 amide bonds. The van der Waals surface area contributed by atoms with Gasteiger partial charge < -0.3 is 4.79 Å². The predicted octanol–water partition coefficient (Wildman–Crippen LogP) is 3.52. The first kappa shape index (κ1) is 15.3. The summed E-state index contributed by atoms with van der Waals surface area (Å²) in [5.41, 5.74) is 0.999. The van der Waals surface area contributed by atoms with E-state index in [-0.39, 0.29) is 23.9 Å². The largest absolute Gasteiger partial charge is 0.302 e. The lowest BCUT2D eigenvalue weighted by Crippen LogP contribution is -2.38. The number of carbonyl (C=O) groups excluding carboxylic acids is 3. The maximum Gasteiger partial charge on any atom is 0.176 e. The SMILES string of the molecule is CC(CC(=O)c1ccccc1)C1(C=O)Cc2ccccc2C1=O. The highest BCUT2D eigenvalue weighted by atomic mass is 16.1. The van der Waals surface area contributed by atoms with E-state index in [0.29, 0.717) is 17.5 Å². The lowest BCUT2D eigenvalue weighted by atomic mass is 9.72. The van der Waals surface area contributed by atoms with E-state index in [1.165, 1.54) is 0 Å². The Labute approximate surface area is 135 Å². The zero-order valence-corrected chi connectivity index (χ0v) is 13.0. The van der Waals surface area contributed by atoms with Crippen LogP contribution in [0.5, 0.6) is 0 Å². The quantitative estimate of drug-likeness (QED) is 0.482. The van der Waals surface area contributed by atoms with Gasteiger partial charge in [-0.25, -0.2) is 0 Å². The number of ketones is 2. The van der Waals surface area contributed by atoms with Crippen molar-refractivity contribution in [2.45, 2.75) is 19.8 Å². The number of hydrogen-bond donors (Lipinski definition) is 0. The number of rotatable bonds is 5. The Kier molecular flexibility index (Phi) is 3.95. The van der Waals surface area contributed by atoms with Crippen molar-refractivity contribution < 1.29 is 14.4 Å². The predicted molar refractivity (Wildman–Crippen MR) is 87.5 cm³/mol. The molecule has 0 N–H and O–H groups in total. The van der Waals surface area contributed by atoms with Crippen LogP contribution in [-0.4, -0.2) is 17.9 Å². The molecule has 3 rings (SSSR count). The normalized spacial score (nSPS) is 20.8. The van der Waals surface area contributed by atoms with E-state index >= 15 is 0 Å². The highest BCUT2D eigenvalue weighted by Crippen LogP contribution is 2.42. The molecule has 0 heterocycles. The first-order valence-corrected chi connectivity index (χ1v) is 7.76. The summed E-state index contributed by atoms with van der Waals surface area (Å²) in [6.45, 7) is 1.82. The lowest BCUT2D eigenvalue weighted by molar-refractivity contribution is -0.115. The molecule has 0 spiro atoms. The van der Waals surface area contributed by atoms with Crippen LogP contribution in [0.2, 0.25) is 0 Å². The molecule has 2 aromatic rings. The van der Waals surface area contributed by atoms with Gasteiger partial charge in [-0.1, -0.05) is 61.5 Å². The molecule has 23 heavy (non-hydrogen) atoms. The van der Waals surface area contributed by atoms with Crippen molar-refractivity contribution in [2.24, 2.45) is 11.3 Å². The van der Waals surface area contributed by atoms with Crippen LogP contribution in [0.15, 0.2) is 54.6 Å². The number of aldehydes is 1. The fourth-order valence-corrected chi connectivity index (χ4v) is 3.35. The molecule has 0 saturated heterocycles. The first-order chi connectivity index (χ1) is 11.1. The third kappa shape index (κ3) is 2.52.